The second kappa shape index (κ2) is 6.57. The van der Waals surface area contributed by atoms with E-state index in [1.165, 1.54) is 16.5 Å². The van der Waals surface area contributed by atoms with Gasteiger partial charge in [-0.3, -0.25) is 4.90 Å². The van der Waals surface area contributed by atoms with E-state index in [1.54, 1.807) is 0 Å². The van der Waals surface area contributed by atoms with E-state index in [1.807, 2.05) is 0 Å². The number of piperazine rings is 1. The highest BCUT2D eigenvalue weighted by Crippen LogP contribution is 2.16. The van der Waals surface area contributed by atoms with Crippen molar-refractivity contribution in [1.82, 2.24) is 14.8 Å². The molecule has 0 aliphatic carbocycles. The van der Waals surface area contributed by atoms with Crippen molar-refractivity contribution in [2.75, 3.05) is 19.6 Å². The normalized spacial score (nSPS) is 19.2. The molecule has 2 aromatic carbocycles. The van der Waals surface area contributed by atoms with Crippen LogP contribution in [0.15, 0.2) is 66.9 Å². The molecular weight excluding hydrogens is 282 g/mol. The van der Waals surface area contributed by atoms with Crippen molar-refractivity contribution >= 4 is 10.9 Å². The smallest absolute Gasteiger partial charge is 0.0480 e. The van der Waals surface area contributed by atoms with Crippen molar-refractivity contribution in [1.29, 1.82) is 0 Å². The van der Waals surface area contributed by atoms with Crippen molar-refractivity contribution in [2.45, 2.75) is 19.1 Å². The molecule has 118 valence electrons. The molecule has 0 radical (unpaired) electrons. The summed E-state index contributed by atoms with van der Waals surface area (Å²) >= 11 is 0. The van der Waals surface area contributed by atoms with Gasteiger partial charge < -0.3 is 9.88 Å². The van der Waals surface area contributed by atoms with Crippen molar-refractivity contribution in [3.05, 3.63) is 72.4 Å². The molecule has 3 nitrogen and oxygen atoms in total. The van der Waals surface area contributed by atoms with Gasteiger partial charge in [0.1, 0.15) is 0 Å². The zero-order valence-corrected chi connectivity index (χ0v) is 13.4. The molecule has 0 bridgehead atoms. The fourth-order valence-electron chi connectivity index (χ4n) is 3.54. The predicted octanol–water partition coefficient (Wildman–Crippen LogP) is 3.12. The van der Waals surface area contributed by atoms with Crippen LogP contribution >= 0.6 is 0 Å². The van der Waals surface area contributed by atoms with Crippen LogP contribution in [0.2, 0.25) is 0 Å². The maximum atomic E-state index is 3.68. The number of aromatic nitrogens is 1. The quantitative estimate of drug-likeness (QED) is 0.799. The minimum Gasteiger partial charge on any atom is -0.346 e. The van der Waals surface area contributed by atoms with Gasteiger partial charge in [0.25, 0.3) is 0 Å². The molecule has 0 saturated carbocycles. The standard InChI is InChI=1S/C20H23N3/c1-2-6-17(7-3-1)14-22-13-11-21-19(15-22)16-23-12-10-18-8-4-5-9-20(18)23/h1-10,12,19,21H,11,13-16H2/t19-/m1/s1. The molecule has 0 spiro atoms. The number of hydrogen-bond donors (Lipinski definition) is 1. The van der Waals surface area contributed by atoms with Crippen LogP contribution in [0.3, 0.4) is 0 Å². The van der Waals surface area contributed by atoms with Gasteiger partial charge in [0, 0.05) is 50.5 Å². The lowest BCUT2D eigenvalue weighted by atomic mass is 10.1. The van der Waals surface area contributed by atoms with Crippen LogP contribution < -0.4 is 5.32 Å². The van der Waals surface area contributed by atoms with Crippen molar-refractivity contribution < 1.29 is 0 Å². The Labute approximate surface area is 137 Å². The molecule has 4 rings (SSSR count). The van der Waals surface area contributed by atoms with E-state index in [9.17, 15) is 0 Å². The van der Waals surface area contributed by atoms with E-state index in [0.29, 0.717) is 6.04 Å². The summed E-state index contributed by atoms with van der Waals surface area (Å²) in [6.07, 6.45) is 2.21. The molecular formula is C20H23N3. The Hall–Kier alpha value is -2.10. The van der Waals surface area contributed by atoms with Gasteiger partial charge in [-0.05, 0) is 23.1 Å². The van der Waals surface area contributed by atoms with Gasteiger partial charge in [0.2, 0.25) is 0 Å². The maximum Gasteiger partial charge on any atom is 0.0480 e. The number of benzene rings is 2. The van der Waals surface area contributed by atoms with Gasteiger partial charge in [-0.2, -0.15) is 0 Å². The summed E-state index contributed by atoms with van der Waals surface area (Å²) in [6.45, 7) is 5.36. The first-order chi connectivity index (χ1) is 11.4. The summed E-state index contributed by atoms with van der Waals surface area (Å²) in [5.41, 5.74) is 2.73. The molecule has 1 saturated heterocycles. The van der Waals surface area contributed by atoms with Gasteiger partial charge in [-0.25, -0.2) is 0 Å². The van der Waals surface area contributed by atoms with Crippen LogP contribution in [0, 0.1) is 0 Å². The van der Waals surface area contributed by atoms with Crippen molar-refractivity contribution in [2.24, 2.45) is 0 Å². The molecule has 1 fully saturated rings. The van der Waals surface area contributed by atoms with Crippen molar-refractivity contribution in [3.8, 4) is 0 Å². The minimum atomic E-state index is 0.503. The third kappa shape index (κ3) is 3.31. The lowest BCUT2D eigenvalue weighted by molar-refractivity contribution is 0.183. The Kier molecular flexibility index (Phi) is 4.14. The van der Waals surface area contributed by atoms with Crippen LogP contribution in [-0.2, 0) is 13.1 Å². The minimum absolute atomic E-state index is 0.503. The van der Waals surface area contributed by atoms with Crippen LogP contribution in [0.4, 0.5) is 0 Å². The Morgan fingerprint density at radius 2 is 1.78 bits per heavy atom. The van der Waals surface area contributed by atoms with E-state index in [-0.39, 0.29) is 0 Å². The highest BCUT2D eigenvalue weighted by atomic mass is 15.2. The molecule has 3 aromatic rings. The highest BCUT2D eigenvalue weighted by molar-refractivity contribution is 5.79. The first kappa shape index (κ1) is 14.5. The molecule has 3 heteroatoms. The predicted molar refractivity (Wildman–Crippen MR) is 95.4 cm³/mol. The number of nitrogens with zero attached hydrogens (tertiary/aromatic N) is 2. The van der Waals surface area contributed by atoms with Crippen LogP contribution in [0.5, 0.6) is 0 Å². The fourth-order valence-corrected chi connectivity index (χ4v) is 3.54. The van der Waals surface area contributed by atoms with E-state index in [0.717, 1.165) is 32.7 Å². The number of rotatable bonds is 4. The summed E-state index contributed by atoms with van der Waals surface area (Å²) in [4.78, 5) is 2.56. The number of fused-ring (bicyclic) bond motifs is 1. The summed E-state index contributed by atoms with van der Waals surface area (Å²) < 4.78 is 2.37. The average Bonchev–Trinajstić information content (AvgIpc) is 2.99. The van der Waals surface area contributed by atoms with Crippen molar-refractivity contribution in [3.63, 3.8) is 0 Å². The van der Waals surface area contributed by atoms with Gasteiger partial charge >= 0.3 is 0 Å². The Balaban J connectivity index is 1.43. The van der Waals surface area contributed by atoms with Gasteiger partial charge in [-0.1, -0.05) is 48.5 Å². The monoisotopic (exact) mass is 305 g/mol. The van der Waals surface area contributed by atoms with Gasteiger partial charge in [-0.15, -0.1) is 0 Å². The summed E-state index contributed by atoms with van der Waals surface area (Å²) in [6, 6.07) is 22.1. The van der Waals surface area contributed by atoms with Crippen LogP contribution in [0.25, 0.3) is 10.9 Å². The number of nitrogens with one attached hydrogen (secondary N) is 1. The molecule has 1 aromatic heterocycles. The Morgan fingerprint density at radius 3 is 2.70 bits per heavy atom. The van der Waals surface area contributed by atoms with Gasteiger partial charge in [0.05, 0.1) is 0 Å². The van der Waals surface area contributed by atoms with Crippen LogP contribution in [0.1, 0.15) is 5.56 Å². The van der Waals surface area contributed by atoms with E-state index in [2.05, 4.69) is 81.6 Å². The molecule has 0 amide bonds. The molecule has 1 aliphatic rings. The molecule has 0 unspecified atom stereocenters. The SMILES string of the molecule is c1ccc(CN2CCN[C@@H](Cn3ccc4ccccc43)C2)cc1. The molecule has 23 heavy (non-hydrogen) atoms. The average molecular weight is 305 g/mol. The fraction of sp³-hybridized carbons (Fsp3) is 0.300. The summed E-state index contributed by atoms with van der Waals surface area (Å²) in [7, 11) is 0. The Bertz CT molecular complexity index is 763. The number of para-hydroxylation sites is 1. The second-order valence-corrected chi connectivity index (χ2v) is 6.40. The molecule has 1 atom stereocenters. The molecule has 2 heterocycles. The van der Waals surface area contributed by atoms with E-state index in [4.69, 9.17) is 0 Å². The first-order valence-electron chi connectivity index (χ1n) is 8.42. The molecule has 1 N–H and O–H groups in total. The zero-order valence-electron chi connectivity index (χ0n) is 13.4. The zero-order chi connectivity index (χ0) is 15.5. The highest BCUT2D eigenvalue weighted by Gasteiger charge is 2.20. The van der Waals surface area contributed by atoms with E-state index < -0.39 is 0 Å². The summed E-state index contributed by atoms with van der Waals surface area (Å²) in [5, 5.41) is 5.00. The first-order valence-corrected chi connectivity index (χ1v) is 8.42. The Morgan fingerprint density at radius 1 is 0.957 bits per heavy atom. The molecule has 1 aliphatic heterocycles. The summed E-state index contributed by atoms with van der Waals surface area (Å²) in [5.74, 6) is 0. The topological polar surface area (TPSA) is 20.2 Å². The third-order valence-corrected chi connectivity index (χ3v) is 4.69. The van der Waals surface area contributed by atoms with Crippen LogP contribution in [-0.4, -0.2) is 35.1 Å². The number of hydrogen-bond acceptors (Lipinski definition) is 2. The van der Waals surface area contributed by atoms with Gasteiger partial charge in [0.15, 0.2) is 0 Å². The lowest BCUT2D eigenvalue weighted by Crippen LogP contribution is -2.51. The third-order valence-electron chi connectivity index (χ3n) is 4.69. The maximum absolute atomic E-state index is 3.68. The van der Waals surface area contributed by atoms with E-state index >= 15 is 0 Å². The second-order valence-electron chi connectivity index (χ2n) is 6.40. The largest absolute Gasteiger partial charge is 0.346 e. The lowest BCUT2D eigenvalue weighted by Gasteiger charge is -2.34.